The molecule has 0 bridgehead atoms. The van der Waals surface area contributed by atoms with Gasteiger partial charge in [0, 0.05) is 51.7 Å². The molecule has 144 valence electrons. The van der Waals surface area contributed by atoms with Gasteiger partial charge in [0.15, 0.2) is 0 Å². The predicted octanol–water partition coefficient (Wildman–Crippen LogP) is 2.92. The summed E-state index contributed by atoms with van der Waals surface area (Å²) in [6, 6.07) is 8.15. The monoisotopic (exact) mass is 369 g/mol. The Morgan fingerprint density at radius 1 is 1.19 bits per heavy atom. The van der Waals surface area contributed by atoms with Gasteiger partial charge in [0.1, 0.15) is 11.9 Å². The number of hydrogen-bond acceptors (Lipinski definition) is 4. The van der Waals surface area contributed by atoms with E-state index in [-0.39, 0.29) is 17.9 Å². The highest BCUT2D eigenvalue weighted by atomic mass is 16.5. The van der Waals surface area contributed by atoms with Crippen LogP contribution in [-0.4, -0.2) is 53.0 Å². The SMILES string of the molecule is Cc1ccc(OC2CCN(C(=O)c3cn(C)nc3[C@H]3CCOC3)CC2)cc1. The van der Waals surface area contributed by atoms with Crippen molar-refractivity contribution in [3.63, 3.8) is 0 Å². The zero-order valence-electron chi connectivity index (χ0n) is 16.1. The van der Waals surface area contributed by atoms with Crippen LogP contribution in [0.2, 0.25) is 0 Å². The van der Waals surface area contributed by atoms with Crippen molar-refractivity contribution in [2.24, 2.45) is 7.05 Å². The number of nitrogens with zero attached hydrogens (tertiary/aromatic N) is 3. The molecular weight excluding hydrogens is 342 g/mol. The molecular formula is C21H27N3O3. The van der Waals surface area contributed by atoms with Crippen LogP contribution in [0.5, 0.6) is 5.75 Å². The first-order valence-corrected chi connectivity index (χ1v) is 9.74. The second-order valence-electron chi connectivity index (χ2n) is 7.58. The highest BCUT2D eigenvalue weighted by Gasteiger charge is 2.31. The normalized spacial score (nSPS) is 20.8. The molecule has 0 radical (unpaired) electrons. The number of amides is 1. The minimum Gasteiger partial charge on any atom is -0.490 e. The fraction of sp³-hybridized carbons (Fsp3) is 0.524. The number of ether oxygens (including phenoxy) is 2. The topological polar surface area (TPSA) is 56.6 Å². The summed E-state index contributed by atoms with van der Waals surface area (Å²) in [5.74, 6) is 1.22. The van der Waals surface area contributed by atoms with E-state index in [2.05, 4.69) is 24.2 Å². The fourth-order valence-corrected chi connectivity index (χ4v) is 3.88. The van der Waals surface area contributed by atoms with Crippen LogP contribution >= 0.6 is 0 Å². The molecule has 0 saturated carbocycles. The van der Waals surface area contributed by atoms with Crippen molar-refractivity contribution in [1.29, 1.82) is 0 Å². The Morgan fingerprint density at radius 3 is 2.59 bits per heavy atom. The summed E-state index contributed by atoms with van der Waals surface area (Å²) in [5, 5.41) is 4.55. The lowest BCUT2D eigenvalue weighted by Gasteiger charge is -2.32. The molecule has 1 amide bonds. The van der Waals surface area contributed by atoms with Gasteiger partial charge < -0.3 is 14.4 Å². The molecule has 0 aliphatic carbocycles. The number of carbonyl (C=O) groups is 1. The van der Waals surface area contributed by atoms with Crippen molar-refractivity contribution in [1.82, 2.24) is 14.7 Å². The first kappa shape index (κ1) is 18.0. The van der Waals surface area contributed by atoms with Crippen molar-refractivity contribution in [3.05, 3.63) is 47.3 Å². The molecule has 2 aromatic rings. The standard InChI is InChI=1S/C21H27N3O3/c1-15-3-5-17(6-4-15)27-18-7-10-24(11-8-18)21(25)19-13-23(2)22-20(19)16-9-12-26-14-16/h3-6,13,16,18H,7-12,14H2,1-2H3/t16-/m0/s1. The molecule has 1 aromatic carbocycles. The molecule has 2 saturated heterocycles. The molecule has 2 aliphatic rings. The average molecular weight is 369 g/mol. The summed E-state index contributed by atoms with van der Waals surface area (Å²) >= 11 is 0. The average Bonchev–Trinajstić information content (AvgIpc) is 3.33. The Kier molecular flexibility index (Phi) is 5.16. The molecule has 0 spiro atoms. The maximum Gasteiger partial charge on any atom is 0.257 e. The van der Waals surface area contributed by atoms with Gasteiger partial charge in [0.2, 0.25) is 0 Å². The first-order valence-electron chi connectivity index (χ1n) is 9.74. The van der Waals surface area contributed by atoms with Gasteiger partial charge in [0.05, 0.1) is 17.9 Å². The Balaban J connectivity index is 1.38. The molecule has 0 unspecified atom stereocenters. The van der Waals surface area contributed by atoms with E-state index in [1.165, 1.54) is 5.56 Å². The largest absolute Gasteiger partial charge is 0.490 e. The number of benzene rings is 1. The Morgan fingerprint density at radius 2 is 1.93 bits per heavy atom. The second kappa shape index (κ2) is 7.72. The molecule has 4 rings (SSSR count). The van der Waals surface area contributed by atoms with E-state index in [1.54, 1.807) is 4.68 Å². The van der Waals surface area contributed by atoms with Gasteiger partial charge >= 0.3 is 0 Å². The van der Waals surface area contributed by atoms with E-state index in [0.717, 1.165) is 42.9 Å². The van der Waals surface area contributed by atoms with E-state index < -0.39 is 0 Å². The number of rotatable bonds is 4. The number of piperidine rings is 1. The molecule has 1 atom stereocenters. The molecule has 6 nitrogen and oxygen atoms in total. The van der Waals surface area contributed by atoms with Crippen LogP contribution in [0, 0.1) is 6.92 Å². The van der Waals surface area contributed by atoms with E-state index in [9.17, 15) is 4.79 Å². The molecule has 2 fully saturated rings. The lowest BCUT2D eigenvalue weighted by atomic mass is 9.99. The molecule has 1 aromatic heterocycles. The number of hydrogen-bond donors (Lipinski definition) is 0. The summed E-state index contributed by atoms with van der Waals surface area (Å²) in [6.07, 6.45) is 4.64. The highest BCUT2D eigenvalue weighted by molar-refractivity contribution is 5.95. The summed E-state index contributed by atoms with van der Waals surface area (Å²) in [6.45, 7) is 4.90. The second-order valence-corrected chi connectivity index (χ2v) is 7.58. The van der Waals surface area contributed by atoms with Gasteiger partial charge in [-0.3, -0.25) is 9.48 Å². The molecule has 3 heterocycles. The maximum atomic E-state index is 13.1. The zero-order valence-corrected chi connectivity index (χ0v) is 16.1. The minimum atomic E-state index is 0.0822. The molecule has 6 heteroatoms. The van der Waals surface area contributed by atoms with Crippen LogP contribution in [0.4, 0.5) is 0 Å². The van der Waals surface area contributed by atoms with Crippen molar-refractivity contribution in [3.8, 4) is 5.75 Å². The first-order chi connectivity index (χ1) is 13.1. The maximum absolute atomic E-state index is 13.1. The van der Waals surface area contributed by atoms with Gasteiger partial charge in [-0.1, -0.05) is 17.7 Å². The van der Waals surface area contributed by atoms with Crippen molar-refractivity contribution >= 4 is 5.91 Å². The van der Waals surface area contributed by atoms with Crippen LogP contribution in [0.1, 0.15) is 46.8 Å². The van der Waals surface area contributed by atoms with Crippen molar-refractivity contribution in [2.75, 3.05) is 26.3 Å². The van der Waals surface area contributed by atoms with Crippen LogP contribution in [0.3, 0.4) is 0 Å². The Bertz CT molecular complexity index is 786. The number of likely N-dealkylation sites (tertiary alicyclic amines) is 1. The third-order valence-electron chi connectivity index (χ3n) is 5.46. The number of carbonyl (C=O) groups excluding carboxylic acids is 1. The van der Waals surface area contributed by atoms with Crippen LogP contribution < -0.4 is 4.74 Å². The fourth-order valence-electron chi connectivity index (χ4n) is 3.88. The molecule has 2 aliphatic heterocycles. The summed E-state index contributed by atoms with van der Waals surface area (Å²) in [4.78, 5) is 15.0. The van der Waals surface area contributed by atoms with Gasteiger partial charge in [-0.25, -0.2) is 0 Å². The summed E-state index contributed by atoms with van der Waals surface area (Å²) in [5.41, 5.74) is 2.84. The smallest absolute Gasteiger partial charge is 0.257 e. The van der Waals surface area contributed by atoms with Gasteiger partial charge in [-0.15, -0.1) is 0 Å². The van der Waals surface area contributed by atoms with Crippen LogP contribution in [0.15, 0.2) is 30.5 Å². The van der Waals surface area contributed by atoms with Gasteiger partial charge in [0.25, 0.3) is 5.91 Å². The van der Waals surface area contributed by atoms with E-state index >= 15 is 0 Å². The highest BCUT2D eigenvalue weighted by Crippen LogP contribution is 2.28. The Labute approximate surface area is 160 Å². The minimum absolute atomic E-state index is 0.0822. The number of aryl methyl sites for hydroxylation is 2. The van der Waals surface area contributed by atoms with E-state index in [4.69, 9.17) is 9.47 Å². The predicted molar refractivity (Wildman–Crippen MR) is 102 cm³/mol. The lowest BCUT2D eigenvalue weighted by molar-refractivity contribution is 0.0594. The molecule has 0 N–H and O–H groups in total. The summed E-state index contributed by atoms with van der Waals surface area (Å²) < 4.78 is 13.3. The third kappa shape index (κ3) is 4.00. The van der Waals surface area contributed by atoms with Gasteiger partial charge in [-0.2, -0.15) is 5.10 Å². The van der Waals surface area contributed by atoms with E-state index in [1.807, 2.05) is 30.3 Å². The van der Waals surface area contributed by atoms with E-state index in [0.29, 0.717) is 19.7 Å². The van der Waals surface area contributed by atoms with Crippen molar-refractivity contribution in [2.45, 2.75) is 38.2 Å². The quantitative estimate of drug-likeness (QED) is 0.832. The Hall–Kier alpha value is -2.34. The van der Waals surface area contributed by atoms with Crippen molar-refractivity contribution < 1.29 is 14.3 Å². The number of aromatic nitrogens is 2. The van der Waals surface area contributed by atoms with Gasteiger partial charge in [-0.05, 0) is 25.5 Å². The van der Waals surface area contributed by atoms with Crippen LogP contribution in [-0.2, 0) is 11.8 Å². The third-order valence-corrected chi connectivity index (χ3v) is 5.46. The van der Waals surface area contributed by atoms with Crippen LogP contribution in [0.25, 0.3) is 0 Å². The zero-order chi connectivity index (χ0) is 18.8. The summed E-state index contributed by atoms with van der Waals surface area (Å²) in [7, 11) is 1.87. The molecule has 27 heavy (non-hydrogen) atoms. The lowest BCUT2D eigenvalue weighted by Crippen LogP contribution is -2.42.